The van der Waals surface area contributed by atoms with Crippen LogP contribution in [0.1, 0.15) is 10.5 Å². The maximum Gasteiger partial charge on any atom is 0.516 e. The molecule has 0 bridgehead atoms. The molecule has 6 nitrogen and oxygen atoms in total. The van der Waals surface area contributed by atoms with Crippen LogP contribution in [-0.4, -0.2) is 29.6 Å². The molecule has 1 aromatic rings. The van der Waals surface area contributed by atoms with Crippen LogP contribution in [0.5, 0.6) is 0 Å². The van der Waals surface area contributed by atoms with Crippen LogP contribution in [0.15, 0.2) is 12.3 Å². The van der Waals surface area contributed by atoms with Crippen LogP contribution in [0.3, 0.4) is 0 Å². The van der Waals surface area contributed by atoms with Crippen molar-refractivity contribution in [3.63, 3.8) is 0 Å². The minimum atomic E-state index is -5.68. The third-order valence-corrected chi connectivity index (χ3v) is 2.65. The van der Waals surface area contributed by atoms with Crippen molar-refractivity contribution in [2.45, 2.75) is 5.51 Å². The number of nitrogens with zero attached hydrogens (tertiary/aromatic N) is 2. The van der Waals surface area contributed by atoms with Crippen molar-refractivity contribution in [3.8, 4) is 0 Å². The predicted octanol–water partition coefficient (Wildman–Crippen LogP) is -0.000500. The largest absolute Gasteiger partial charge is 0.516 e. The van der Waals surface area contributed by atoms with Crippen LogP contribution in [-0.2, 0) is 17.1 Å². The van der Waals surface area contributed by atoms with Crippen LogP contribution in [0.2, 0.25) is 0 Å². The summed E-state index contributed by atoms with van der Waals surface area (Å²) in [5, 5.41) is 3.51. The van der Waals surface area contributed by atoms with Gasteiger partial charge >= 0.3 is 15.5 Å². The van der Waals surface area contributed by atoms with Gasteiger partial charge in [-0.1, -0.05) is 0 Å². The average molecular weight is 257 g/mol. The molecule has 0 radical (unpaired) electrons. The molecule has 10 heteroatoms. The Morgan fingerprint density at radius 1 is 1.50 bits per heavy atom. The lowest BCUT2D eigenvalue weighted by atomic mass is 10.4. The highest BCUT2D eigenvalue weighted by molar-refractivity contribution is 7.90. The van der Waals surface area contributed by atoms with Gasteiger partial charge in [-0.15, -0.1) is 0 Å². The van der Waals surface area contributed by atoms with E-state index < -0.39 is 21.4 Å². The molecule has 16 heavy (non-hydrogen) atoms. The lowest BCUT2D eigenvalue weighted by Gasteiger charge is -2.09. The number of nitrogens with one attached hydrogen (secondary N) is 1. The molecule has 0 unspecified atom stereocenters. The van der Waals surface area contributed by atoms with Crippen molar-refractivity contribution in [1.29, 1.82) is 0 Å². The number of alkyl halides is 3. The molecule has 1 amide bonds. The predicted molar refractivity (Wildman–Crippen MR) is 45.6 cm³/mol. The highest BCUT2D eigenvalue weighted by Gasteiger charge is 2.47. The van der Waals surface area contributed by atoms with E-state index in [1.54, 1.807) is 0 Å². The fourth-order valence-corrected chi connectivity index (χ4v) is 1.29. The lowest BCUT2D eigenvalue weighted by Crippen LogP contribution is -2.40. The SMILES string of the molecule is Cn1nccc1C(=O)NS(=O)(=O)C(F)(F)F. The summed E-state index contributed by atoms with van der Waals surface area (Å²) in [5.74, 6) is -1.39. The van der Waals surface area contributed by atoms with Crippen molar-refractivity contribution in [2.24, 2.45) is 7.05 Å². The first-order chi connectivity index (χ1) is 7.15. The summed E-state index contributed by atoms with van der Waals surface area (Å²) < 4.78 is 58.7. The van der Waals surface area contributed by atoms with Gasteiger partial charge < -0.3 is 0 Å². The molecule has 1 N–H and O–H groups in total. The number of carbonyl (C=O) groups excluding carboxylic acids is 1. The van der Waals surface area contributed by atoms with Gasteiger partial charge in [0.25, 0.3) is 5.91 Å². The van der Waals surface area contributed by atoms with Crippen LogP contribution >= 0.6 is 0 Å². The Morgan fingerprint density at radius 2 is 2.06 bits per heavy atom. The van der Waals surface area contributed by atoms with Crippen LogP contribution < -0.4 is 4.72 Å². The molecule has 0 spiro atoms. The molecule has 0 aromatic carbocycles. The van der Waals surface area contributed by atoms with E-state index in [2.05, 4.69) is 5.10 Å². The smallest absolute Gasteiger partial charge is 0.266 e. The molecule has 0 saturated heterocycles. The second-order valence-corrected chi connectivity index (χ2v) is 4.39. The first kappa shape index (κ1) is 12.5. The topological polar surface area (TPSA) is 81.1 Å². The second-order valence-electron chi connectivity index (χ2n) is 2.72. The van der Waals surface area contributed by atoms with Crippen molar-refractivity contribution in [3.05, 3.63) is 18.0 Å². The molecule has 0 aliphatic carbocycles. The molecule has 1 aromatic heterocycles. The van der Waals surface area contributed by atoms with E-state index in [1.807, 2.05) is 0 Å². The fraction of sp³-hybridized carbons (Fsp3) is 0.333. The molecule has 1 heterocycles. The number of sulfonamides is 1. The molecule has 1 rings (SSSR count). The average Bonchev–Trinajstić information content (AvgIpc) is 2.48. The van der Waals surface area contributed by atoms with E-state index >= 15 is 0 Å². The summed E-state index contributed by atoms with van der Waals surface area (Å²) in [4.78, 5) is 11.1. The Labute approximate surface area is 88.1 Å². The minimum Gasteiger partial charge on any atom is -0.266 e. The van der Waals surface area contributed by atoms with Crippen molar-refractivity contribution < 1.29 is 26.4 Å². The Kier molecular flexibility index (Phi) is 2.95. The van der Waals surface area contributed by atoms with Gasteiger partial charge in [0.2, 0.25) is 0 Å². The quantitative estimate of drug-likeness (QED) is 0.808. The first-order valence-corrected chi connectivity index (χ1v) is 5.25. The van der Waals surface area contributed by atoms with Crippen molar-refractivity contribution >= 4 is 15.9 Å². The molecule has 0 aliphatic rings. The first-order valence-electron chi connectivity index (χ1n) is 3.76. The monoisotopic (exact) mass is 257 g/mol. The second kappa shape index (κ2) is 3.77. The van der Waals surface area contributed by atoms with E-state index in [0.29, 0.717) is 0 Å². The van der Waals surface area contributed by atoms with Gasteiger partial charge in [0.1, 0.15) is 5.69 Å². The standard InChI is InChI=1S/C6H6F3N3O3S/c1-12-4(2-3-10-12)5(13)11-16(14,15)6(7,8)9/h2-3H,1H3,(H,11,13). The molecule has 0 aliphatic heterocycles. The maximum absolute atomic E-state index is 11.9. The molecule has 0 saturated carbocycles. The maximum atomic E-state index is 11.9. The summed E-state index contributed by atoms with van der Waals surface area (Å²) >= 11 is 0. The number of carbonyl (C=O) groups is 1. The Morgan fingerprint density at radius 3 is 2.44 bits per heavy atom. The fourth-order valence-electron chi connectivity index (χ4n) is 0.829. The lowest BCUT2D eigenvalue weighted by molar-refractivity contribution is -0.0446. The zero-order chi connectivity index (χ0) is 12.6. The minimum absolute atomic E-state index is 0.298. The van der Waals surface area contributed by atoms with Gasteiger partial charge in [0, 0.05) is 13.2 Å². The number of aromatic nitrogens is 2. The summed E-state index contributed by atoms with van der Waals surface area (Å²) in [6, 6.07) is 1.08. The summed E-state index contributed by atoms with van der Waals surface area (Å²) in [7, 11) is -4.39. The Bertz CT molecular complexity index is 505. The van der Waals surface area contributed by atoms with E-state index in [1.165, 1.54) is 7.05 Å². The van der Waals surface area contributed by atoms with Crippen molar-refractivity contribution in [1.82, 2.24) is 14.5 Å². The van der Waals surface area contributed by atoms with Crippen molar-refractivity contribution in [2.75, 3.05) is 0 Å². The van der Waals surface area contributed by atoms with Gasteiger partial charge in [0.15, 0.2) is 0 Å². The number of hydrogen-bond acceptors (Lipinski definition) is 4. The summed E-state index contributed by atoms with van der Waals surface area (Å²) in [5.41, 5.74) is -5.82. The highest BCUT2D eigenvalue weighted by Crippen LogP contribution is 2.21. The summed E-state index contributed by atoms with van der Waals surface area (Å²) in [6.07, 6.45) is 1.15. The molecular formula is C6H6F3N3O3S. The van der Waals surface area contributed by atoms with Crippen LogP contribution in [0, 0.1) is 0 Å². The number of hydrogen-bond donors (Lipinski definition) is 1. The zero-order valence-corrected chi connectivity index (χ0v) is 8.63. The molecule has 90 valence electrons. The Hall–Kier alpha value is -1.58. The van der Waals surface area contributed by atoms with E-state index in [0.717, 1.165) is 21.7 Å². The molecular weight excluding hydrogens is 251 g/mol. The third-order valence-electron chi connectivity index (χ3n) is 1.59. The Balaban J connectivity index is 2.94. The third kappa shape index (κ3) is 2.32. The number of halogens is 3. The van der Waals surface area contributed by atoms with Crippen LogP contribution in [0.25, 0.3) is 0 Å². The van der Waals surface area contributed by atoms with E-state index in [4.69, 9.17) is 0 Å². The van der Waals surface area contributed by atoms with E-state index in [-0.39, 0.29) is 5.69 Å². The van der Waals surface area contributed by atoms with Gasteiger partial charge in [-0.05, 0) is 6.07 Å². The summed E-state index contributed by atoms with van der Waals surface area (Å²) in [6.45, 7) is 0. The van der Waals surface area contributed by atoms with Gasteiger partial charge in [0.05, 0.1) is 0 Å². The van der Waals surface area contributed by atoms with Crippen LogP contribution in [0.4, 0.5) is 13.2 Å². The van der Waals surface area contributed by atoms with E-state index in [9.17, 15) is 26.4 Å². The zero-order valence-electron chi connectivity index (χ0n) is 7.82. The molecule has 0 fully saturated rings. The highest BCUT2D eigenvalue weighted by atomic mass is 32.2. The van der Waals surface area contributed by atoms with Gasteiger partial charge in [-0.25, -0.2) is 4.72 Å². The number of rotatable bonds is 2. The number of amides is 1. The number of aryl methyl sites for hydroxylation is 1. The van der Waals surface area contributed by atoms with Gasteiger partial charge in [-0.3, -0.25) is 9.48 Å². The van der Waals surface area contributed by atoms with Gasteiger partial charge in [-0.2, -0.15) is 26.7 Å². The normalized spacial score (nSPS) is 12.5. The molecule has 0 atom stereocenters.